The first-order valence-electron chi connectivity index (χ1n) is 9.77. The topological polar surface area (TPSA) is 109 Å². The molecule has 3 aromatic heterocycles. The van der Waals surface area contributed by atoms with Crippen molar-refractivity contribution in [2.24, 2.45) is 5.73 Å². The average molecular weight is 434 g/mol. The van der Waals surface area contributed by atoms with E-state index in [2.05, 4.69) is 56.7 Å². The van der Waals surface area contributed by atoms with Gasteiger partial charge in [-0.15, -0.1) is 0 Å². The lowest BCUT2D eigenvalue weighted by Gasteiger charge is -2.18. The molecule has 0 saturated heterocycles. The fourth-order valence-electron chi connectivity index (χ4n) is 2.99. The van der Waals surface area contributed by atoms with E-state index in [1.54, 1.807) is 6.20 Å². The summed E-state index contributed by atoms with van der Waals surface area (Å²) in [5.41, 5.74) is 9.22. The zero-order valence-corrected chi connectivity index (χ0v) is 18.1. The maximum Gasteiger partial charge on any atom is 0.231 e. The van der Waals surface area contributed by atoms with Gasteiger partial charge in [-0.1, -0.05) is 35.1 Å². The van der Waals surface area contributed by atoms with Gasteiger partial charge in [-0.05, 0) is 42.8 Å². The molecule has 0 atom stereocenters. The highest BCUT2D eigenvalue weighted by atomic mass is 32.1. The zero-order chi connectivity index (χ0) is 21.8. The first-order valence-corrected chi connectivity index (χ1v) is 10.6. The summed E-state index contributed by atoms with van der Waals surface area (Å²) in [6.07, 6.45) is 1.75. The number of primary amides is 1. The molecule has 0 spiro atoms. The lowest BCUT2D eigenvalue weighted by Crippen LogP contribution is -2.28. The number of nitrogens with one attached hydrogen (secondary N) is 2. The molecule has 0 radical (unpaired) electrons. The Kier molecular flexibility index (Phi) is 6.06. The summed E-state index contributed by atoms with van der Waals surface area (Å²) in [4.78, 5) is 27.5. The number of amides is 1. The minimum atomic E-state index is -0.385. The maximum atomic E-state index is 10.8. The molecule has 0 aliphatic rings. The van der Waals surface area contributed by atoms with E-state index in [4.69, 9.17) is 10.7 Å². The second kappa shape index (κ2) is 9.07. The SMILES string of the molecule is Cc1ccc(N(C)c2ccc3nc(Nc4ccc(CNCC(N)=O)cn4)sc3n2)cc1. The van der Waals surface area contributed by atoms with Crippen molar-refractivity contribution in [2.75, 3.05) is 23.8 Å². The first-order chi connectivity index (χ1) is 15.0. The van der Waals surface area contributed by atoms with Gasteiger partial charge in [0.25, 0.3) is 0 Å². The van der Waals surface area contributed by atoms with Crippen LogP contribution in [0.15, 0.2) is 54.7 Å². The molecule has 0 fully saturated rings. The Balaban J connectivity index is 1.45. The van der Waals surface area contributed by atoms with Crippen molar-refractivity contribution in [2.45, 2.75) is 13.5 Å². The molecule has 1 aromatic carbocycles. The molecule has 1 amide bonds. The molecule has 0 bridgehead atoms. The molecule has 8 nitrogen and oxygen atoms in total. The van der Waals surface area contributed by atoms with Crippen LogP contribution in [0, 0.1) is 6.92 Å². The Morgan fingerprint density at radius 1 is 1.10 bits per heavy atom. The van der Waals surface area contributed by atoms with Crippen molar-refractivity contribution in [3.63, 3.8) is 0 Å². The van der Waals surface area contributed by atoms with Crippen LogP contribution in [0.3, 0.4) is 0 Å². The summed E-state index contributed by atoms with van der Waals surface area (Å²) in [7, 11) is 2.00. The van der Waals surface area contributed by atoms with Crippen molar-refractivity contribution in [1.29, 1.82) is 0 Å². The third kappa shape index (κ3) is 5.14. The van der Waals surface area contributed by atoms with Gasteiger partial charge in [0.2, 0.25) is 5.91 Å². The van der Waals surface area contributed by atoms with Gasteiger partial charge < -0.3 is 21.3 Å². The number of rotatable bonds is 8. The van der Waals surface area contributed by atoms with Gasteiger partial charge in [0.05, 0.1) is 6.54 Å². The number of hydrogen-bond donors (Lipinski definition) is 3. The summed E-state index contributed by atoms with van der Waals surface area (Å²) in [6, 6.07) is 16.1. The van der Waals surface area contributed by atoms with E-state index >= 15 is 0 Å². The quantitative estimate of drug-likeness (QED) is 0.390. The average Bonchev–Trinajstić information content (AvgIpc) is 3.16. The van der Waals surface area contributed by atoms with E-state index in [9.17, 15) is 4.79 Å². The smallest absolute Gasteiger partial charge is 0.231 e. The summed E-state index contributed by atoms with van der Waals surface area (Å²) in [5.74, 6) is 1.16. The fourth-order valence-corrected chi connectivity index (χ4v) is 3.83. The molecule has 0 aliphatic heterocycles. The fraction of sp³-hybridized carbons (Fsp3) is 0.182. The summed E-state index contributed by atoms with van der Waals surface area (Å²) < 4.78 is 0. The van der Waals surface area contributed by atoms with Gasteiger partial charge in [-0.3, -0.25) is 4.79 Å². The van der Waals surface area contributed by atoms with Crippen LogP contribution in [0.4, 0.5) is 22.5 Å². The van der Waals surface area contributed by atoms with E-state index in [0.717, 1.165) is 32.5 Å². The number of nitrogens with zero attached hydrogens (tertiary/aromatic N) is 4. The number of aromatic nitrogens is 3. The van der Waals surface area contributed by atoms with Crippen LogP contribution < -0.4 is 21.3 Å². The molecule has 4 N–H and O–H groups in total. The van der Waals surface area contributed by atoms with Gasteiger partial charge in [-0.2, -0.15) is 0 Å². The number of aryl methyl sites for hydroxylation is 1. The number of benzene rings is 1. The molecule has 0 unspecified atom stereocenters. The Bertz CT molecular complexity index is 1190. The minimum Gasteiger partial charge on any atom is -0.369 e. The van der Waals surface area contributed by atoms with Crippen LogP contribution in [0.25, 0.3) is 10.3 Å². The summed E-state index contributed by atoms with van der Waals surface area (Å²) >= 11 is 1.48. The minimum absolute atomic E-state index is 0.139. The molecule has 9 heteroatoms. The van der Waals surface area contributed by atoms with Gasteiger partial charge in [-0.25, -0.2) is 15.0 Å². The van der Waals surface area contributed by atoms with E-state index < -0.39 is 0 Å². The number of hydrogen-bond acceptors (Lipinski definition) is 8. The Labute approximate surface area is 184 Å². The van der Waals surface area contributed by atoms with Gasteiger partial charge in [0.15, 0.2) is 5.13 Å². The van der Waals surface area contributed by atoms with Crippen LogP contribution in [-0.4, -0.2) is 34.5 Å². The largest absolute Gasteiger partial charge is 0.369 e. The van der Waals surface area contributed by atoms with Crippen molar-refractivity contribution in [3.05, 3.63) is 65.9 Å². The predicted molar refractivity (Wildman–Crippen MR) is 125 cm³/mol. The molecular weight excluding hydrogens is 410 g/mol. The first kappa shape index (κ1) is 20.7. The van der Waals surface area contributed by atoms with Gasteiger partial charge in [0, 0.05) is 25.5 Å². The number of pyridine rings is 2. The van der Waals surface area contributed by atoms with Gasteiger partial charge >= 0.3 is 0 Å². The highest BCUT2D eigenvalue weighted by molar-refractivity contribution is 7.21. The third-order valence-electron chi connectivity index (χ3n) is 4.69. The standard InChI is InChI=1S/C22H23N7OS/c1-14-3-6-16(7-4-14)29(2)20-10-8-17-21(28-20)31-22(26-17)27-19-9-5-15(12-25-19)11-24-13-18(23)30/h3-10,12,24H,11,13H2,1-2H3,(H2,23,30)(H,25,26,27). The number of carbonyl (C=O) groups excluding carboxylic acids is 1. The van der Waals surface area contributed by atoms with Crippen LogP contribution in [-0.2, 0) is 11.3 Å². The van der Waals surface area contributed by atoms with E-state index in [1.165, 1.54) is 16.9 Å². The number of carbonyl (C=O) groups is 1. The number of fused-ring (bicyclic) bond motifs is 1. The molecule has 0 aliphatic carbocycles. The second-order valence-electron chi connectivity index (χ2n) is 7.15. The van der Waals surface area contributed by atoms with Crippen molar-refractivity contribution >= 4 is 50.0 Å². The molecule has 31 heavy (non-hydrogen) atoms. The molecule has 3 heterocycles. The molecule has 4 rings (SSSR count). The summed E-state index contributed by atoms with van der Waals surface area (Å²) in [6.45, 7) is 2.74. The van der Waals surface area contributed by atoms with Crippen LogP contribution in [0.2, 0.25) is 0 Å². The Morgan fingerprint density at radius 2 is 1.90 bits per heavy atom. The van der Waals surface area contributed by atoms with Crippen molar-refractivity contribution in [3.8, 4) is 0 Å². The lowest BCUT2D eigenvalue weighted by molar-refractivity contribution is -0.117. The highest BCUT2D eigenvalue weighted by Gasteiger charge is 2.10. The molecule has 4 aromatic rings. The monoisotopic (exact) mass is 433 g/mol. The van der Waals surface area contributed by atoms with Crippen LogP contribution in [0.5, 0.6) is 0 Å². The van der Waals surface area contributed by atoms with E-state index in [0.29, 0.717) is 12.4 Å². The Hall–Kier alpha value is -3.56. The lowest BCUT2D eigenvalue weighted by atomic mass is 10.2. The second-order valence-corrected chi connectivity index (χ2v) is 8.13. The highest BCUT2D eigenvalue weighted by Crippen LogP contribution is 2.30. The van der Waals surface area contributed by atoms with Crippen molar-refractivity contribution < 1.29 is 4.79 Å². The molecule has 158 valence electrons. The molecule has 0 saturated carbocycles. The van der Waals surface area contributed by atoms with Crippen LogP contribution in [0.1, 0.15) is 11.1 Å². The zero-order valence-electron chi connectivity index (χ0n) is 17.3. The van der Waals surface area contributed by atoms with E-state index in [1.807, 2.05) is 31.3 Å². The van der Waals surface area contributed by atoms with E-state index in [-0.39, 0.29) is 12.5 Å². The Morgan fingerprint density at radius 3 is 2.61 bits per heavy atom. The number of thiazole rings is 1. The normalized spacial score (nSPS) is 10.9. The molecular formula is C22H23N7OS. The maximum absolute atomic E-state index is 10.8. The third-order valence-corrected chi connectivity index (χ3v) is 5.57. The number of anilines is 4. The predicted octanol–water partition coefficient (Wildman–Crippen LogP) is 3.48. The van der Waals surface area contributed by atoms with Crippen molar-refractivity contribution in [1.82, 2.24) is 20.3 Å². The summed E-state index contributed by atoms with van der Waals surface area (Å²) in [5, 5.41) is 6.92. The van der Waals surface area contributed by atoms with Gasteiger partial charge in [0.1, 0.15) is 22.0 Å². The number of nitrogens with two attached hydrogens (primary N) is 1. The van der Waals surface area contributed by atoms with Crippen LogP contribution >= 0.6 is 11.3 Å².